The van der Waals surface area contributed by atoms with E-state index in [1.54, 1.807) is 14.2 Å². The molecule has 2 aliphatic rings. The predicted octanol–water partition coefficient (Wildman–Crippen LogP) is 5.13. The van der Waals surface area contributed by atoms with Gasteiger partial charge in [0.15, 0.2) is 5.78 Å². The van der Waals surface area contributed by atoms with Crippen LogP contribution in [0.1, 0.15) is 88.5 Å². The normalized spacial score (nSPS) is 19.5. The first-order valence-electron chi connectivity index (χ1n) is 11.2. The maximum absolute atomic E-state index is 13.1. The Morgan fingerprint density at radius 1 is 1.03 bits per heavy atom. The molecule has 1 aromatic carbocycles. The number of aromatic nitrogens is 1. The van der Waals surface area contributed by atoms with Crippen LogP contribution in [0.2, 0.25) is 0 Å². The molecule has 1 heterocycles. The number of carbonyl (C=O) groups excluding carboxylic acids is 2. The van der Waals surface area contributed by atoms with Gasteiger partial charge < -0.3 is 19.2 Å². The molecule has 1 atom stereocenters. The molecule has 0 saturated heterocycles. The number of rotatable bonds is 5. The SMILES string of the molecule is COc1ccc(OC)c(C2CC(=O)c3c([nH]c(C(=O)OC4CCCCCC4)c3C)C2)c1. The van der Waals surface area contributed by atoms with Crippen molar-refractivity contribution in [2.45, 2.75) is 70.3 Å². The van der Waals surface area contributed by atoms with Gasteiger partial charge in [-0.3, -0.25) is 4.79 Å². The summed E-state index contributed by atoms with van der Waals surface area (Å²) in [5.41, 5.74) is 3.51. The first kappa shape index (κ1) is 21.5. The van der Waals surface area contributed by atoms with E-state index in [2.05, 4.69) is 4.98 Å². The van der Waals surface area contributed by atoms with Crippen molar-refractivity contribution >= 4 is 11.8 Å². The van der Waals surface area contributed by atoms with Crippen molar-refractivity contribution in [3.63, 3.8) is 0 Å². The molecule has 1 saturated carbocycles. The number of carbonyl (C=O) groups is 2. The largest absolute Gasteiger partial charge is 0.497 e. The summed E-state index contributed by atoms with van der Waals surface area (Å²) in [5, 5.41) is 0. The van der Waals surface area contributed by atoms with E-state index in [-0.39, 0.29) is 23.8 Å². The molecule has 31 heavy (non-hydrogen) atoms. The van der Waals surface area contributed by atoms with Crippen molar-refractivity contribution in [1.29, 1.82) is 0 Å². The average molecular weight is 426 g/mol. The Hall–Kier alpha value is -2.76. The van der Waals surface area contributed by atoms with Crippen molar-refractivity contribution < 1.29 is 23.8 Å². The molecule has 0 spiro atoms. The van der Waals surface area contributed by atoms with Crippen LogP contribution in [-0.4, -0.2) is 37.1 Å². The van der Waals surface area contributed by atoms with E-state index in [0.717, 1.165) is 48.4 Å². The maximum atomic E-state index is 13.1. The molecule has 1 N–H and O–H groups in total. The molecule has 4 rings (SSSR count). The number of ether oxygens (including phenoxy) is 3. The summed E-state index contributed by atoms with van der Waals surface area (Å²) in [6.07, 6.45) is 7.40. The van der Waals surface area contributed by atoms with Gasteiger partial charge in [-0.1, -0.05) is 12.8 Å². The first-order chi connectivity index (χ1) is 15.0. The lowest BCUT2D eigenvalue weighted by molar-refractivity contribution is 0.0260. The highest BCUT2D eigenvalue weighted by Gasteiger charge is 2.34. The fraction of sp³-hybridized carbons (Fsp3) is 0.520. The molecule has 2 aromatic rings. The van der Waals surface area contributed by atoms with Crippen LogP contribution >= 0.6 is 0 Å². The van der Waals surface area contributed by atoms with Crippen molar-refractivity contribution in [3.8, 4) is 11.5 Å². The zero-order valence-electron chi connectivity index (χ0n) is 18.6. The minimum absolute atomic E-state index is 0.0285. The zero-order chi connectivity index (χ0) is 22.0. The number of ketones is 1. The number of fused-ring (bicyclic) bond motifs is 1. The summed E-state index contributed by atoms with van der Waals surface area (Å²) < 4.78 is 16.7. The summed E-state index contributed by atoms with van der Waals surface area (Å²) in [4.78, 5) is 29.2. The van der Waals surface area contributed by atoms with Gasteiger partial charge in [-0.25, -0.2) is 4.79 Å². The van der Waals surface area contributed by atoms with Crippen LogP contribution in [0, 0.1) is 6.92 Å². The molecular weight excluding hydrogens is 394 g/mol. The van der Waals surface area contributed by atoms with Gasteiger partial charge in [0.1, 0.15) is 23.3 Å². The third kappa shape index (κ3) is 4.34. The van der Waals surface area contributed by atoms with E-state index >= 15 is 0 Å². The third-order valence-electron chi connectivity index (χ3n) is 6.65. The van der Waals surface area contributed by atoms with Gasteiger partial charge in [0.25, 0.3) is 0 Å². The van der Waals surface area contributed by atoms with Crippen LogP contribution in [0.25, 0.3) is 0 Å². The van der Waals surface area contributed by atoms with Crippen LogP contribution in [0.3, 0.4) is 0 Å². The average Bonchev–Trinajstić information content (AvgIpc) is 2.93. The smallest absolute Gasteiger partial charge is 0.355 e. The lowest BCUT2D eigenvalue weighted by Crippen LogP contribution is -2.19. The number of benzene rings is 1. The van der Waals surface area contributed by atoms with Gasteiger partial charge in [0.05, 0.1) is 14.2 Å². The minimum Gasteiger partial charge on any atom is -0.497 e. The van der Waals surface area contributed by atoms with Crippen molar-refractivity contribution in [3.05, 3.63) is 46.3 Å². The highest BCUT2D eigenvalue weighted by Crippen LogP contribution is 2.40. The molecule has 6 nitrogen and oxygen atoms in total. The van der Waals surface area contributed by atoms with Crippen LogP contribution in [0.4, 0.5) is 0 Å². The van der Waals surface area contributed by atoms with E-state index in [1.807, 2.05) is 25.1 Å². The Labute approximate surface area is 183 Å². The molecule has 1 fully saturated rings. The van der Waals surface area contributed by atoms with Gasteiger partial charge >= 0.3 is 5.97 Å². The predicted molar refractivity (Wildman–Crippen MR) is 117 cm³/mol. The number of hydrogen-bond donors (Lipinski definition) is 1. The fourth-order valence-electron chi connectivity index (χ4n) is 4.99. The molecule has 1 unspecified atom stereocenters. The van der Waals surface area contributed by atoms with Crippen molar-refractivity contribution in [2.75, 3.05) is 14.2 Å². The number of methoxy groups -OCH3 is 2. The monoisotopic (exact) mass is 425 g/mol. The summed E-state index contributed by atoms with van der Waals surface area (Å²) >= 11 is 0. The summed E-state index contributed by atoms with van der Waals surface area (Å²) in [6, 6.07) is 5.64. The lowest BCUT2D eigenvalue weighted by Gasteiger charge is -2.24. The van der Waals surface area contributed by atoms with Crippen LogP contribution in [0.5, 0.6) is 11.5 Å². The second-order valence-electron chi connectivity index (χ2n) is 8.63. The number of H-pyrrole nitrogens is 1. The van der Waals surface area contributed by atoms with Crippen molar-refractivity contribution in [1.82, 2.24) is 4.98 Å². The summed E-state index contributed by atoms with van der Waals surface area (Å²) in [6.45, 7) is 1.84. The highest BCUT2D eigenvalue weighted by atomic mass is 16.5. The molecule has 0 radical (unpaired) electrons. The molecule has 0 amide bonds. The highest BCUT2D eigenvalue weighted by molar-refractivity contribution is 6.03. The van der Waals surface area contributed by atoms with Gasteiger partial charge in [0, 0.05) is 29.2 Å². The van der Waals surface area contributed by atoms with Crippen molar-refractivity contribution in [2.24, 2.45) is 0 Å². The first-order valence-corrected chi connectivity index (χ1v) is 11.2. The van der Waals surface area contributed by atoms with E-state index in [9.17, 15) is 9.59 Å². The molecule has 2 aliphatic carbocycles. The molecule has 0 bridgehead atoms. The Morgan fingerprint density at radius 3 is 2.45 bits per heavy atom. The van der Waals surface area contributed by atoms with Crippen LogP contribution in [0.15, 0.2) is 18.2 Å². The van der Waals surface area contributed by atoms with Crippen LogP contribution in [-0.2, 0) is 11.2 Å². The number of aromatic amines is 1. The minimum atomic E-state index is -0.345. The quantitative estimate of drug-likeness (QED) is 0.531. The second-order valence-corrected chi connectivity index (χ2v) is 8.63. The molecule has 6 heteroatoms. The Morgan fingerprint density at radius 2 is 1.77 bits per heavy atom. The van der Waals surface area contributed by atoms with E-state index < -0.39 is 0 Å². The van der Waals surface area contributed by atoms with Gasteiger partial charge in [-0.15, -0.1) is 0 Å². The van der Waals surface area contributed by atoms with Crippen LogP contribution < -0.4 is 9.47 Å². The molecule has 0 aliphatic heterocycles. The van der Waals surface area contributed by atoms with E-state index in [4.69, 9.17) is 14.2 Å². The lowest BCUT2D eigenvalue weighted by atomic mass is 9.81. The van der Waals surface area contributed by atoms with E-state index in [1.165, 1.54) is 12.8 Å². The van der Waals surface area contributed by atoms with Gasteiger partial charge in [0.2, 0.25) is 0 Å². The maximum Gasteiger partial charge on any atom is 0.355 e. The van der Waals surface area contributed by atoms with E-state index in [0.29, 0.717) is 29.7 Å². The Bertz CT molecular complexity index is 969. The number of esters is 1. The van der Waals surface area contributed by atoms with Gasteiger partial charge in [-0.05, 0) is 62.8 Å². The number of nitrogens with one attached hydrogen (secondary N) is 1. The summed E-state index contributed by atoms with van der Waals surface area (Å²) in [7, 11) is 3.25. The number of hydrogen-bond acceptors (Lipinski definition) is 5. The Kier molecular flexibility index (Phi) is 6.35. The third-order valence-corrected chi connectivity index (χ3v) is 6.65. The fourth-order valence-corrected chi connectivity index (χ4v) is 4.99. The summed E-state index contributed by atoms with van der Waals surface area (Å²) in [5.74, 6) is 1.11. The Balaban J connectivity index is 1.59. The molecular formula is C25H31NO5. The number of Topliss-reactive ketones (excluding diaryl/α,β-unsaturated/α-hetero) is 1. The zero-order valence-corrected chi connectivity index (χ0v) is 18.6. The molecule has 1 aromatic heterocycles. The standard InChI is InChI=1S/C25H31NO5/c1-15-23-20(26-24(15)25(28)31-17-8-6-4-5-7-9-17)12-16(13-21(23)27)19-14-18(29-2)10-11-22(19)30-3/h10-11,14,16-17,26H,4-9,12-13H2,1-3H3. The second kappa shape index (κ2) is 9.16. The molecule has 166 valence electrons. The topological polar surface area (TPSA) is 77.6 Å². The van der Waals surface area contributed by atoms with Gasteiger partial charge in [-0.2, -0.15) is 0 Å².